The summed E-state index contributed by atoms with van der Waals surface area (Å²) in [6, 6.07) is 5.30. The van der Waals surface area contributed by atoms with Crippen LogP contribution in [-0.4, -0.2) is 33.1 Å². The van der Waals surface area contributed by atoms with Gasteiger partial charge in [-0.1, -0.05) is 6.07 Å². The second-order valence-electron chi connectivity index (χ2n) is 4.52. The standard InChI is InChI=1S/C14H20N2O4/c1-18-11-6-5-10(8-12(11)19-2)9-15-14(17)16-13-4-3-7-20-13/h5-6,8,13H,3-4,7,9H2,1-2H3,(H2,15,16,17). The summed E-state index contributed by atoms with van der Waals surface area (Å²) in [5.41, 5.74) is 0.935. The molecular formula is C14H20N2O4. The normalized spacial score (nSPS) is 17.6. The molecule has 1 aromatic rings. The summed E-state index contributed by atoms with van der Waals surface area (Å²) in [6.45, 7) is 1.12. The van der Waals surface area contributed by atoms with Crippen LogP contribution in [0.2, 0.25) is 0 Å². The van der Waals surface area contributed by atoms with E-state index in [-0.39, 0.29) is 12.3 Å². The van der Waals surface area contributed by atoms with Crippen molar-refractivity contribution in [3.8, 4) is 11.5 Å². The van der Waals surface area contributed by atoms with Crippen molar-refractivity contribution >= 4 is 6.03 Å². The molecule has 2 amide bonds. The molecule has 1 aliphatic heterocycles. The minimum atomic E-state index is -0.230. The SMILES string of the molecule is COc1ccc(CNC(=O)NC2CCCO2)cc1OC. The molecule has 2 rings (SSSR count). The third-order valence-electron chi connectivity index (χ3n) is 3.12. The van der Waals surface area contributed by atoms with E-state index in [4.69, 9.17) is 14.2 Å². The minimum Gasteiger partial charge on any atom is -0.493 e. The lowest BCUT2D eigenvalue weighted by atomic mass is 10.2. The number of rotatable bonds is 5. The average molecular weight is 280 g/mol. The number of urea groups is 1. The van der Waals surface area contributed by atoms with Crippen LogP contribution in [0.15, 0.2) is 18.2 Å². The Morgan fingerprint density at radius 2 is 2.15 bits per heavy atom. The van der Waals surface area contributed by atoms with Crippen molar-refractivity contribution in [2.24, 2.45) is 0 Å². The first kappa shape index (κ1) is 14.5. The molecule has 0 aromatic heterocycles. The van der Waals surface area contributed by atoms with Gasteiger partial charge in [0.25, 0.3) is 0 Å². The van der Waals surface area contributed by atoms with Gasteiger partial charge in [0.15, 0.2) is 11.5 Å². The monoisotopic (exact) mass is 280 g/mol. The summed E-state index contributed by atoms with van der Waals surface area (Å²) in [5.74, 6) is 1.31. The summed E-state index contributed by atoms with van der Waals surface area (Å²) in [5, 5.41) is 5.56. The van der Waals surface area contributed by atoms with Crippen LogP contribution in [0.5, 0.6) is 11.5 Å². The lowest BCUT2D eigenvalue weighted by Crippen LogP contribution is -2.41. The van der Waals surface area contributed by atoms with Gasteiger partial charge in [0.2, 0.25) is 0 Å². The fraction of sp³-hybridized carbons (Fsp3) is 0.500. The number of benzene rings is 1. The van der Waals surface area contributed by atoms with Crippen LogP contribution in [0.1, 0.15) is 18.4 Å². The Morgan fingerprint density at radius 1 is 1.35 bits per heavy atom. The summed E-state index contributed by atoms with van der Waals surface area (Å²) in [4.78, 5) is 11.7. The minimum absolute atomic E-state index is 0.166. The molecule has 0 bridgehead atoms. The molecule has 1 unspecified atom stereocenters. The first-order chi connectivity index (χ1) is 9.72. The summed E-state index contributed by atoms with van der Waals surface area (Å²) in [6.07, 6.45) is 1.69. The van der Waals surface area contributed by atoms with Crippen molar-refractivity contribution in [1.82, 2.24) is 10.6 Å². The lowest BCUT2D eigenvalue weighted by Gasteiger charge is -2.13. The molecule has 1 aromatic carbocycles. The van der Waals surface area contributed by atoms with Gasteiger partial charge in [-0.3, -0.25) is 0 Å². The predicted molar refractivity (Wildman–Crippen MR) is 73.9 cm³/mol. The van der Waals surface area contributed by atoms with Gasteiger partial charge >= 0.3 is 6.03 Å². The van der Waals surface area contributed by atoms with Crippen molar-refractivity contribution in [3.63, 3.8) is 0 Å². The number of hydrogen-bond acceptors (Lipinski definition) is 4. The number of methoxy groups -OCH3 is 2. The van der Waals surface area contributed by atoms with E-state index in [9.17, 15) is 4.79 Å². The van der Waals surface area contributed by atoms with Crippen molar-refractivity contribution in [2.75, 3.05) is 20.8 Å². The first-order valence-corrected chi connectivity index (χ1v) is 6.60. The van der Waals surface area contributed by atoms with Gasteiger partial charge in [0.1, 0.15) is 6.23 Å². The maximum absolute atomic E-state index is 11.7. The molecule has 2 N–H and O–H groups in total. The van der Waals surface area contributed by atoms with E-state index in [1.54, 1.807) is 14.2 Å². The van der Waals surface area contributed by atoms with Crippen LogP contribution in [-0.2, 0) is 11.3 Å². The lowest BCUT2D eigenvalue weighted by molar-refractivity contribution is 0.0907. The van der Waals surface area contributed by atoms with E-state index < -0.39 is 0 Å². The number of carbonyl (C=O) groups excluding carboxylic acids is 1. The van der Waals surface area contributed by atoms with Crippen molar-refractivity contribution in [1.29, 1.82) is 0 Å². The van der Waals surface area contributed by atoms with Gasteiger partial charge in [0, 0.05) is 13.2 Å². The fourth-order valence-electron chi connectivity index (χ4n) is 2.06. The summed E-state index contributed by atoms with van der Waals surface area (Å²) >= 11 is 0. The van der Waals surface area contributed by atoms with Gasteiger partial charge in [0.05, 0.1) is 14.2 Å². The zero-order valence-electron chi connectivity index (χ0n) is 11.8. The number of nitrogens with one attached hydrogen (secondary N) is 2. The van der Waals surface area contributed by atoms with Crippen molar-refractivity contribution in [3.05, 3.63) is 23.8 Å². The number of carbonyl (C=O) groups is 1. The van der Waals surface area contributed by atoms with Crippen LogP contribution < -0.4 is 20.1 Å². The van der Waals surface area contributed by atoms with E-state index in [0.717, 1.165) is 18.4 Å². The number of ether oxygens (including phenoxy) is 3. The Morgan fingerprint density at radius 3 is 2.80 bits per heavy atom. The topological polar surface area (TPSA) is 68.8 Å². The third kappa shape index (κ3) is 3.77. The fourth-order valence-corrected chi connectivity index (χ4v) is 2.06. The highest BCUT2D eigenvalue weighted by atomic mass is 16.5. The van der Waals surface area contributed by atoms with E-state index in [1.165, 1.54) is 0 Å². The highest BCUT2D eigenvalue weighted by Crippen LogP contribution is 2.27. The Kier molecular flexibility index (Phi) is 5.06. The molecule has 6 heteroatoms. The van der Waals surface area contributed by atoms with Crippen LogP contribution >= 0.6 is 0 Å². The molecule has 0 spiro atoms. The van der Waals surface area contributed by atoms with E-state index in [2.05, 4.69) is 10.6 Å². The predicted octanol–water partition coefficient (Wildman–Crippen LogP) is 1.64. The maximum Gasteiger partial charge on any atom is 0.317 e. The highest BCUT2D eigenvalue weighted by molar-refractivity contribution is 5.74. The van der Waals surface area contributed by atoms with Crippen LogP contribution in [0.25, 0.3) is 0 Å². The van der Waals surface area contributed by atoms with Crippen LogP contribution in [0.3, 0.4) is 0 Å². The highest BCUT2D eigenvalue weighted by Gasteiger charge is 2.17. The van der Waals surface area contributed by atoms with E-state index in [0.29, 0.717) is 24.7 Å². The molecule has 1 fully saturated rings. The van der Waals surface area contributed by atoms with Gasteiger partial charge in [-0.15, -0.1) is 0 Å². The van der Waals surface area contributed by atoms with Crippen molar-refractivity contribution in [2.45, 2.75) is 25.6 Å². The molecule has 0 saturated carbocycles. The number of amides is 2. The smallest absolute Gasteiger partial charge is 0.317 e. The van der Waals surface area contributed by atoms with E-state index in [1.807, 2.05) is 18.2 Å². The van der Waals surface area contributed by atoms with Gasteiger partial charge in [-0.05, 0) is 30.5 Å². The molecule has 0 aliphatic carbocycles. The van der Waals surface area contributed by atoms with Crippen molar-refractivity contribution < 1.29 is 19.0 Å². The average Bonchev–Trinajstić information content (AvgIpc) is 2.97. The molecule has 1 saturated heterocycles. The molecule has 1 aliphatic rings. The molecule has 110 valence electrons. The zero-order valence-corrected chi connectivity index (χ0v) is 11.8. The van der Waals surface area contributed by atoms with Crippen LogP contribution in [0, 0.1) is 0 Å². The third-order valence-corrected chi connectivity index (χ3v) is 3.12. The second kappa shape index (κ2) is 7.00. The van der Waals surface area contributed by atoms with Gasteiger partial charge < -0.3 is 24.8 Å². The molecule has 0 radical (unpaired) electrons. The maximum atomic E-state index is 11.7. The first-order valence-electron chi connectivity index (χ1n) is 6.60. The Labute approximate surface area is 118 Å². The Hall–Kier alpha value is -1.95. The zero-order chi connectivity index (χ0) is 14.4. The largest absolute Gasteiger partial charge is 0.493 e. The van der Waals surface area contributed by atoms with E-state index >= 15 is 0 Å². The van der Waals surface area contributed by atoms with Gasteiger partial charge in [-0.2, -0.15) is 0 Å². The number of hydrogen-bond donors (Lipinski definition) is 2. The van der Waals surface area contributed by atoms with Gasteiger partial charge in [-0.25, -0.2) is 4.79 Å². The Balaban J connectivity index is 1.85. The molecule has 1 heterocycles. The summed E-state index contributed by atoms with van der Waals surface area (Å²) < 4.78 is 15.7. The molecular weight excluding hydrogens is 260 g/mol. The molecule has 1 atom stereocenters. The Bertz CT molecular complexity index is 458. The quantitative estimate of drug-likeness (QED) is 0.860. The second-order valence-corrected chi connectivity index (χ2v) is 4.52. The summed E-state index contributed by atoms with van der Waals surface area (Å²) in [7, 11) is 3.17. The van der Waals surface area contributed by atoms with Crippen LogP contribution in [0.4, 0.5) is 4.79 Å². The molecule has 20 heavy (non-hydrogen) atoms. The molecule has 6 nitrogen and oxygen atoms in total.